The lowest BCUT2D eigenvalue weighted by Crippen LogP contribution is -2.04. The zero-order valence-electron chi connectivity index (χ0n) is 10.0. The van der Waals surface area contributed by atoms with Gasteiger partial charge in [0.2, 0.25) is 11.1 Å². The summed E-state index contributed by atoms with van der Waals surface area (Å²) in [5.41, 5.74) is 0.121. The largest absolute Gasteiger partial charge is 0.334 e. The second-order valence-electron chi connectivity index (χ2n) is 3.79. The molecule has 0 saturated heterocycles. The molecule has 0 radical (unpaired) electrons. The molecule has 0 fully saturated rings. The third-order valence-corrected chi connectivity index (χ3v) is 3.21. The SMILES string of the molecule is Cc1nc(Cl)nc(Nc2ccc(Br)c(F)c2)c1[N+](=O)[O-]. The fourth-order valence-corrected chi connectivity index (χ4v) is 2.01. The monoisotopic (exact) mass is 360 g/mol. The van der Waals surface area contributed by atoms with Crippen molar-refractivity contribution in [3.05, 3.63) is 49.6 Å². The Bertz CT molecular complexity index is 698. The predicted molar refractivity (Wildman–Crippen MR) is 75.8 cm³/mol. The van der Waals surface area contributed by atoms with E-state index in [1.165, 1.54) is 19.1 Å². The standard InChI is InChI=1S/C11H7BrClFN4O2/c1-5-9(18(19)20)10(17-11(13)15-5)16-6-2-3-7(12)8(14)4-6/h2-4H,1H3,(H,15,16,17). The third-order valence-electron chi connectivity index (χ3n) is 2.40. The van der Waals surface area contributed by atoms with Crippen LogP contribution in [0.15, 0.2) is 22.7 Å². The molecule has 0 amide bonds. The summed E-state index contributed by atoms with van der Waals surface area (Å²) in [6.45, 7) is 1.44. The summed E-state index contributed by atoms with van der Waals surface area (Å²) in [4.78, 5) is 17.9. The number of halogens is 3. The summed E-state index contributed by atoms with van der Waals surface area (Å²) in [6.07, 6.45) is 0. The Morgan fingerprint density at radius 3 is 2.75 bits per heavy atom. The van der Waals surface area contributed by atoms with Crippen molar-refractivity contribution in [2.75, 3.05) is 5.32 Å². The van der Waals surface area contributed by atoms with Crippen molar-refractivity contribution in [1.29, 1.82) is 0 Å². The first-order valence-corrected chi connectivity index (χ1v) is 6.46. The molecular formula is C11H7BrClFN4O2. The Kier molecular flexibility index (Phi) is 4.15. The molecule has 6 nitrogen and oxygen atoms in total. The third kappa shape index (κ3) is 3.02. The Hall–Kier alpha value is -1.80. The maximum atomic E-state index is 13.4. The summed E-state index contributed by atoms with van der Waals surface area (Å²) in [5.74, 6) is -0.594. The van der Waals surface area contributed by atoms with Crippen molar-refractivity contribution in [3.8, 4) is 0 Å². The van der Waals surface area contributed by atoms with Crippen LogP contribution in [0.2, 0.25) is 5.28 Å². The van der Waals surface area contributed by atoms with Crippen LogP contribution in [0.25, 0.3) is 0 Å². The summed E-state index contributed by atoms with van der Waals surface area (Å²) < 4.78 is 13.7. The molecule has 0 saturated carbocycles. The average Bonchev–Trinajstić information content (AvgIpc) is 2.32. The van der Waals surface area contributed by atoms with E-state index in [0.717, 1.165) is 0 Å². The highest BCUT2D eigenvalue weighted by atomic mass is 79.9. The van der Waals surface area contributed by atoms with Crippen molar-refractivity contribution in [1.82, 2.24) is 9.97 Å². The van der Waals surface area contributed by atoms with Gasteiger partial charge in [0.1, 0.15) is 11.5 Å². The number of anilines is 2. The Labute approximate surface area is 126 Å². The fourth-order valence-electron chi connectivity index (χ4n) is 1.55. The minimum absolute atomic E-state index is 0.0887. The van der Waals surface area contributed by atoms with Gasteiger partial charge in [-0.05, 0) is 52.7 Å². The minimum Gasteiger partial charge on any atom is -0.334 e. The van der Waals surface area contributed by atoms with Gasteiger partial charge >= 0.3 is 5.69 Å². The van der Waals surface area contributed by atoms with E-state index in [-0.39, 0.29) is 27.0 Å². The van der Waals surface area contributed by atoms with Crippen LogP contribution in [0.5, 0.6) is 0 Å². The minimum atomic E-state index is -0.622. The van der Waals surface area contributed by atoms with E-state index in [1.54, 1.807) is 6.07 Å². The zero-order chi connectivity index (χ0) is 14.9. The van der Waals surface area contributed by atoms with Gasteiger partial charge in [-0.25, -0.2) is 9.37 Å². The van der Waals surface area contributed by atoms with Gasteiger partial charge in [0.05, 0.1) is 9.40 Å². The molecule has 0 aliphatic heterocycles. The number of benzene rings is 1. The first-order chi connectivity index (χ1) is 9.38. The van der Waals surface area contributed by atoms with Gasteiger partial charge < -0.3 is 5.32 Å². The molecule has 20 heavy (non-hydrogen) atoms. The molecule has 0 bridgehead atoms. The predicted octanol–water partition coefficient (Wildman–Crippen LogP) is 3.99. The Morgan fingerprint density at radius 1 is 1.45 bits per heavy atom. The van der Waals surface area contributed by atoms with Crippen LogP contribution in [0.4, 0.5) is 21.6 Å². The van der Waals surface area contributed by atoms with E-state index < -0.39 is 10.7 Å². The number of rotatable bonds is 3. The van der Waals surface area contributed by atoms with Crippen LogP contribution >= 0.6 is 27.5 Å². The number of aromatic nitrogens is 2. The molecule has 0 aliphatic rings. The van der Waals surface area contributed by atoms with Crippen molar-refractivity contribution in [2.45, 2.75) is 6.92 Å². The van der Waals surface area contributed by atoms with Gasteiger partial charge in [-0.15, -0.1) is 0 Å². The summed E-state index contributed by atoms with van der Waals surface area (Å²) in [7, 11) is 0. The number of nitro groups is 1. The molecule has 1 aromatic carbocycles. The van der Waals surface area contributed by atoms with Gasteiger partial charge in [0, 0.05) is 5.69 Å². The first kappa shape index (κ1) is 14.6. The van der Waals surface area contributed by atoms with Crippen molar-refractivity contribution in [2.24, 2.45) is 0 Å². The smallest absolute Gasteiger partial charge is 0.332 e. The summed E-state index contributed by atoms with van der Waals surface area (Å²) in [5, 5.41) is 13.6. The highest BCUT2D eigenvalue weighted by Crippen LogP contribution is 2.30. The van der Waals surface area contributed by atoms with E-state index in [9.17, 15) is 14.5 Å². The van der Waals surface area contributed by atoms with Crippen molar-refractivity contribution in [3.63, 3.8) is 0 Å². The van der Waals surface area contributed by atoms with Gasteiger partial charge in [0.15, 0.2) is 0 Å². The van der Waals surface area contributed by atoms with Crippen LogP contribution in [0.1, 0.15) is 5.69 Å². The molecule has 0 aliphatic carbocycles. The molecule has 1 aromatic heterocycles. The van der Waals surface area contributed by atoms with Crippen molar-refractivity contribution < 1.29 is 9.31 Å². The number of nitrogens with zero attached hydrogens (tertiary/aromatic N) is 3. The van der Waals surface area contributed by atoms with Crippen LogP contribution in [-0.2, 0) is 0 Å². The molecule has 2 rings (SSSR count). The molecule has 0 atom stereocenters. The fraction of sp³-hybridized carbons (Fsp3) is 0.0909. The van der Waals surface area contributed by atoms with Crippen molar-refractivity contribution >= 4 is 44.7 Å². The second kappa shape index (κ2) is 5.68. The lowest BCUT2D eigenvalue weighted by molar-refractivity contribution is -0.385. The number of hydrogen-bond donors (Lipinski definition) is 1. The van der Waals surface area contributed by atoms with Crippen LogP contribution in [0, 0.1) is 22.9 Å². The van der Waals surface area contributed by atoms with Gasteiger partial charge in [0.25, 0.3) is 0 Å². The topological polar surface area (TPSA) is 81.0 Å². The second-order valence-corrected chi connectivity index (χ2v) is 4.98. The van der Waals surface area contributed by atoms with Crippen LogP contribution < -0.4 is 5.32 Å². The van der Waals surface area contributed by atoms with E-state index >= 15 is 0 Å². The molecular weight excluding hydrogens is 355 g/mol. The highest BCUT2D eigenvalue weighted by molar-refractivity contribution is 9.10. The Morgan fingerprint density at radius 2 is 2.15 bits per heavy atom. The molecule has 0 spiro atoms. The van der Waals surface area contributed by atoms with E-state index in [4.69, 9.17) is 11.6 Å². The molecule has 0 unspecified atom stereocenters. The number of hydrogen-bond acceptors (Lipinski definition) is 5. The molecule has 9 heteroatoms. The maximum Gasteiger partial charge on any atom is 0.332 e. The lowest BCUT2D eigenvalue weighted by Gasteiger charge is -2.08. The van der Waals surface area contributed by atoms with Gasteiger partial charge in [-0.1, -0.05) is 0 Å². The Balaban J connectivity index is 2.47. The van der Waals surface area contributed by atoms with E-state index in [0.29, 0.717) is 5.69 Å². The van der Waals surface area contributed by atoms with Gasteiger partial charge in [-0.2, -0.15) is 4.98 Å². The lowest BCUT2D eigenvalue weighted by atomic mass is 10.3. The van der Waals surface area contributed by atoms with Crippen LogP contribution in [0.3, 0.4) is 0 Å². The molecule has 1 N–H and O–H groups in total. The van der Waals surface area contributed by atoms with Gasteiger partial charge in [-0.3, -0.25) is 10.1 Å². The summed E-state index contributed by atoms with van der Waals surface area (Å²) in [6, 6.07) is 4.19. The number of aryl methyl sites for hydroxylation is 1. The quantitative estimate of drug-likeness (QED) is 0.508. The molecule has 104 valence electrons. The first-order valence-electron chi connectivity index (χ1n) is 5.29. The average molecular weight is 362 g/mol. The number of nitrogens with one attached hydrogen (secondary N) is 1. The maximum absolute atomic E-state index is 13.4. The van der Waals surface area contributed by atoms with E-state index in [2.05, 4.69) is 31.2 Å². The zero-order valence-corrected chi connectivity index (χ0v) is 12.4. The summed E-state index contributed by atoms with van der Waals surface area (Å²) >= 11 is 8.70. The van der Waals surface area contributed by atoms with Crippen LogP contribution in [-0.4, -0.2) is 14.9 Å². The highest BCUT2D eigenvalue weighted by Gasteiger charge is 2.22. The van der Waals surface area contributed by atoms with E-state index in [1.807, 2.05) is 0 Å². The molecule has 1 heterocycles. The normalized spacial score (nSPS) is 10.4. The molecule has 2 aromatic rings.